The third-order valence-electron chi connectivity index (χ3n) is 18.2. The molecule has 0 amide bonds. The third-order valence-corrected chi connectivity index (χ3v) is 19.2. The molecule has 0 heterocycles. The standard InChI is InChI=1S/C94H160NO8P/c1-6-8-10-12-14-16-18-20-22-24-26-28-30-32-34-36-38-40-42-44-46-47-49-51-53-55-57-59-61-63-65-67-69-71-73-75-77-79-81-83-85-87-94(97)103-92(91-102-104(98,99)101-89-88-95(3,4)5)90-100-93(96)86-84-82-80-78-76-74-72-70-68-66-64-62-60-58-56-54-52-50-48-45-43-41-39-37-35-33-31-29-27-25-23-21-19-17-15-13-11-9-7-2/h8-11,14-17,20-23,26-29,32-35,38,40,44,46,49,51,55,57,92H,6-7,12-13,18-19,24-25,30-31,36-37,39,41-43,45,47-48,50,52-54,56,58-91H2,1-5H3/b10-8-,11-9-,16-14-,17-15-,22-20-,23-21-,28-26-,29-27-,34-32-,35-33-,40-38-,46-44-,51-49-,57-55-. The van der Waals surface area contributed by atoms with Gasteiger partial charge in [-0.2, -0.15) is 0 Å². The van der Waals surface area contributed by atoms with E-state index < -0.39 is 26.5 Å². The van der Waals surface area contributed by atoms with Gasteiger partial charge in [0.1, 0.15) is 19.8 Å². The van der Waals surface area contributed by atoms with Crippen molar-refractivity contribution in [3.05, 3.63) is 170 Å². The van der Waals surface area contributed by atoms with Crippen LogP contribution in [0.3, 0.4) is 0 Å². The highest BCUT2D eigenvalue weighted by atomic mass is 31.2. The van der Waals surface area contributed by atoms with Crippen LogP contribution >= 0.6 is 7.82 Å². The average Bonchev–Trinajstić information content (AvgIpc) is 0.920. The zero-order chi connectivity index (χ0) is 75.4. The third kappa shape index (κ3) is 86.3. The van der Waals surface area contributed by atoms with Gasteiger partial charge in [-0.05, 0) is 128 Å². The zero-order valence-electron chi connectivity index (χ0n) is 67.9. The molecule has 0 fully saturated rings. The highest BCUT2D eigenvalue weighted by molar-refractivity contribution is 7.45. The Bertz CT molecular complexity index is 2370. The number of quaternary nitrogens is 1. The summed E-state index contributed by atoms with van der Waals surface area (Å²) in [6, 6.07) is 0. The first-order chi connectivity index (χ1) is 51.0. The number of likely N-dealkylation sites (N-methyl/N-ethyl adjacent to an activating group) is 1. The predicted octanol–water partition coefficient (Wildman–Crippen LogP) is 28.5. The summed E-state index contributed by atoms with van der Waals surface area (Å²) in [5.41, 5.74) is 0. The number of phosphoric ester groups is 1. The molecule has 0 radical (unpaired) electrons. The van der Waals surface area contributed by atoms with Gasteiger partial charge in [-0.3, -0.25) is 14.2 Å². The summed E-state index contributed by atoms with van der Waals surface area (Å²) in [4.78, 5) is 38.3. The van der Waals surface area contributed by atoms with Crippen molar-refractivity contribution in [2.45, 2.75) is 367 Å². The van der Waals surface area contributed by atoms with Gasteiger partial charge in [0.05, 0.1) is 27.7 Å². The van der Waals surface area contributed by atoms with E-state index in [-0.39, 0.29) is 32.0 Å². The van der Waals surface area contributed by atoms with Gasteiger partial charge in [-0.25, -0.2) is 0 Å². The number of hydrogen-bond donors (Lipinski definition) is 0. The Balaban J connectivity index is 3.96. The van der Waals surface area contributed by atoms with Crippen molar-refractivity contribution in [3.63, 3.8) is 0 Å². The van der Waals surface area contributed by atoms with Gasteiger partial charge in [-0.1, -0.05) is 389 Å². The van der Waals surface area contributed by atoms with Gasteiger partial charge < -0.3 is 27.9 Å². The van der Waals surface area contributed by atoms with E-state index in [0.29, 0.717) is 17.4 Å². The number of carbonyl (C=O) groups excluding carboxylic acids is 2. The molecule has 0 aliphatic carbocycles. The number of esters is 2. The monoisotopic (exact) mass is 1460 g/mol. The predicted molar refractivity (Wildman–Crippen MR) is 452 cm³/mol. The molecule has 0 aromatic heterocycles. The van der Waals surface area contributed by atoms with Crippen molar-refractivity contribution < 1.29 is 42.1 Å². The summed E-state index contributed by atoms with van der Waals surface area (Å²) >= 11 is 0. The van der Waals surface area contributed by atoms with Crippen LogP contribution in [0.1, 0.15) is 361 Å². The summed E-state index contributed by atoms with van der Waals surface area (Å²) < 4.78 is 34.5. The topological polar surface area (TPSA) is 111 Å². The Hall–Kier alpha value is -4.63. The lowest BCUT2D eigenvalue weighted by Crippen LogP contribution is -2.37. The van der Waals surface area contributed by atoms with Crippen LogP contribution in [-0.4, -0.2) is 70.0 Å². The Morgan fingerprint density at radius 3 is 0.769 bits per heavy atom. The molecule has 594 valence electrons. The molecule has 0 aromatic rings. The summed E-state index contributed by atoms with van der Waals surface area (Å²) in [7, 11) is 1.17. The molecule has 10 heteroatoms. The number of rotatable bonds is 78. The quantitative estimate of drug-likeness (QED) is 0.0195. The van der Waals surface area contributed by atoms with E-state index in [0.717, 1.165) is 128 Å². The molecular formula is C94H160NO8P. The zero-order valence-corrected chi connectivity index (χ0v) is 68.8. The Morgan fingerprint density at radius 1 is 0.298 bits per heavy atom. The van der Waals surface area contributed by atoms with Gasteiger partial charge in [-0.15, -0.1) is 0 Å². The fourth-order valence-electron chi connectivity index (χ4n) is 11.8. The van der Waals surface area contributed by atoms with E-state index in [1.165, 1.54) is 199 Å². The second-order valence-corrected chi connectivity index (χ2v) is 30.8. The highest BCUT2D eigenvalue weighted by Crippen LogP contribution is 2.38. The van der Waals surface area contributed by atoms with E-state index in [9.17, 15) is 19.0 Å². The van der Waals surface area contributed by atoms with Crippen molar-refractivity contribution >= 4 is 19.8 Å². The second-order valence-electron chi connectivity index (χ2n) is 29.4. The minimum Gasteiger partial charge on any atom is -0.756 e. The normalized spacial score (nSPS) is 13.9. The number of hydrogen-bond acceptors (Lipinski definition) is 8. The molecule has 0 saturated carbocycles. The van der Waals surface area contributed by atoms with E-state index >= 15 is 0 Å². The van der Waals surface area contributed by atoms with Crippen LogP contribution in [0.2, 0.25) is 0 Å². The van der Waals surface area contributed by atoms with Crippen LogP contribution < -0.4 is 4.89 Å². The lowest BCUT2D eigenvalue weighted by molar-refractivity contribution is -0.870. The second kappa shape index (κ2) is 82.4. The fourth-order valence-corrected chi connectivity index (χ4v) is 12.5. The molecule has 0 saturated heterocycles. The van der Waals surface area contributed by atoms with Crippen molar-refractivity contribution in [2.75, 3.05) is 47.5 Å². The highest BCUT2D eigenvalue weighted by Gasteiger charge is 2.22. The van der Waals surface area contributed by atoms with Crippen LogP contribution in [0.25, 0.3) is 0 Å². The van der Waals surface area contributed by atoms with E-state index in [4.69, 9.17) is 18.5 Å². The summed E-state index contributed by atoms with van der Waals surface area (Å²) in [6.45, 7) is 4.04. The number of carbonyl (C=O) groups is 2. The van der Waals surface area contributed by atoms with Crippen LogP contribution in [0.4, 0.5) is 0 Å². The molecular weight excluding hydrogens is 1300 g/mol. The average molecular weight is 1460 g/mol. The molecule has 0 aliphatic rings. The van der Waals surface area contributed by atoms with Crippen LogP contribution in [0.5, 0.6) is 0 Å². The maximum Gasteiger partial charge on any atom is 0.306 e. The number of nitrogens with zero attached hydrogens (tertiary/aromatic N) is 1. The molecule has 9 nitrogen and oxygen atoms in total. The maximum atomic E-state index is 12.9. The van der Waals surface area contributed by atoms with Gasteiger partial charge in [0.25, 0.3) is 7.82 Å². The molecule has 104 heavy (non-hydrogen) atoms. The van der Waals surface area contributed by atoms with Gasteiger partial charge >= 0.3 is 11.9 Å². The van der Waals surface area contributed by atoms with Crippen molar-refractivity contribution in [2.24, 2.45) is 0 Å². The summed E-state index contributed by atoms with van der Waals surface area (Å²) in [5, 5.41) is 0. The van der Waals surface area contributed by atoms with Crippen molar-refractivity contribution in [1.82, 2.24) is 0 Å². The van der Waals surface area contributed by atoms with Crippen LogP contribution in [0.15, 0.2) is 170 Å². The van der Waals surface area contributed by atoms with Crippen LogP contribution in [0, 0.1) is 0 Å². The largest absolute Gasteiger partial charge is 0.756 e. The number of ether oxygens (including phenoxy) is 2. The minimum absolute atomic E-state index is 0.0353. The Morgan fingerprint density at radius 2 is 0.519 bits per heavy atom. The number of unbranched alkanes of at least 4 members (excludes halogenated alkanes) is 36. The minimum atomic E-state index is -4.66. The molecule has 0 bridgehead atoms. The number of phosphoric acid groups is 1. The first-order valence-corrected chi connectivity index (χ1v) is 44.3. The van der Waals surface area contributed by atoms with Crippen molar-refractivity contribution in [1.29, 1.82) is 0 Å². The SMILES string of the molecule is CC/C=C\C/C=C\C/C=C\C/C=C\C/C=C\C/C=C\C/C=C\C/C=C\C/C=C\CCCCCCCCCCCCCCCC(=O)OC(COC(=O)CCCCCCCCCCCCCCCCCCCCCCCCC/C=C\C/C=C\C/C=C\C/C=C\C/C=C\CC)COP(=O)([O-])OCC[N+](C)(C)C. The summed E-state index contributed by atoms with van der Waals surface area (Å²) in [5.74, 6) is -0.827. The molecule has 0 aromatic carbocycles. The van der Waals surface area contributed by atoms with E-state index in [1.807, 2.05) is 21.1 Å². The lowest BCUT2D eigenvalue weighted by Gasteiger charge is -2.28. The smallest absolute Gasteiger partial charge is 0.306 e. The molecule has 2 unspecified atom stereocenters. The molecule has 0 spiro atoms. The molecule has 0 aliphatic heterocycles. The van der Waals surface area contributed by atoms with Crippen LogP contribution in [-0.2, 0) is 32.7 Å². The van der Waals surface area contributed by atoms with E-state index in [1.54, 1.807) is 0 Å². The first kappa shape index (κ1) is 99.4. The van der Waals surface area contributed by atoms with Gasteiger partial charge in [0.2, 0.25) is 0 Å². The molecule has 2 atom stereocenters. The van der Waals surface area contributed by atoms with E-state index in [2.05, 4.69) is 184 Å². The molecule has 0 N–H and O–H groups in total. The first-order valence-electron chi connectivity index (χ1n) is 42.8. The van der Waals surface area contributed by atoms with Gasteiger partial charge in [0.15, 0.2) is 6.10 Å². The molecule has 0 rings (SSSR count). The maximum absolute atomic E-state index is 12.9. The lowest BCUT2D eigenvalue weighted by atomic mass is 10.0. The Kier molecular flexibility index (Phi) is 78.8. The fraction of sp³-hybridized carbons (Fsp3) is 0.681. The number of allylic oxidation sites excluding steroid dienone is 28. The van der Waals surface area contributed by atoms with Gasteiger partial charge in [0, 0.05) is 12.8 Å². The van der Waals surface area contributed by atoms with Crippen molar-refractivity contribution in [3.8, 4) is 0 Å². The summed E-state index contributed by atoms with van der Waals surface area (Å²) in [6.07, 6.45) is 125. The Labute approximate surface area is 642 Å².